The number of hydrogen-bond donors (Lipinski definition) is 2. The molecule has 0 amide bonds. The quantitative estimate of drug-likeness (QED) is 0.648. The number of nitrogens with one attached hydrogen (secondary N) is 1. The number of hydrogen-bond acceptors (Lipinski definition) is 2. The highest BCUT2D eigenvalue weighted by Crippen LogP contribution is 2.39. The third-order valence-corrected chi connectivity index (χ3v) is 2.53. The van der Waals surface area contributed by atoms with E-state index in [0.29, 0.717) is 5.92 Å². The number of aromatic nitrogens is 2. The van der Waals surface area contributed by atoms with E-state index in [9.17, 15) is 0 Å². The predicted molar refractivity (Wildman–Crippen MR) is 52.5 cm³/mol. The first-order valence-electron chi connectivity index (χ1n) is 4.59. The fourth-order valence-electron chi connectivity index (χ4n) is 1.62. The summed E-state index contributed by atoms with van der Waals surface area (Å²) in [5.74, 6) is 1.76. The highest BCUT2D eigenvalue weighted by atomic mass is 14.9. The van der Waals surface area contributed by atoms with Crippen LogP contribution in [0.25, 0.3) is 11.0 Å². The molecule has 0 aliphatic heterocycles. The summed E-state index contributed by atoms with van der Waals surface area (Å²) in [7, 11) is 0. The van der Waals surface area contributed by atoms with Gasteiger partial charge in [0.2, 0.25) is 0 Å². The molecule has 0 unspecified atom stereocenters. The summed E-state index contributed by atoms with van der Waals surface area (Å²) in [5, 5.41) is 0. The minimum atomic E-state index is 0.659. The number of imidazole rings is 1. The van der Waals surface area contributed by atoms with Crippen LogP contribution in [0.1, 0.15) is 24.6 Å². The van der Waals surface area contributed by atoms with E-state index in [4.69, 9.17) is 5.73 Å². The molecule has 3 rings (SSSR count). The summed E-state index contributed by atoms with van der Waals surface area (Å²) in [6.07, 6.45) is 2.53. The maximum Gasteiger partial charge on any atom is 0.111 e. The smallest absolute Gasteiger partial charge is 0.111 e. The van der Waals surface area contributed by atoms with Crippen LogP contribution in [0.5, 0.6) is 0 Å². The number of anilines is 1. The summed E-state index contributed by atoms with van der Waals surface area (Å²) in [6, 6.07) is 5.86. The summed E-state index contributed by atoms with van der Waals surface area (Å²) in [5.41, 5.74) is 8.55. The van der Waals surface area contributed by atoms with Crippen molar-refractivity contribution in [3.63, 3.8) is 0 Å². The van der Waals surface area contributed by atoms with Crippen molar-refractivity contribution in [3.8, 4) is 0 Å². The molecule has 66 valence electrons. The average molecular weight is 173 g/mol. The lowest BCUT2D eigenvalue weighted by Crippen LogP contribution is -1.85. The standard InChI is InChI=1S/C10H11N3/c11-7-2-1-3-8-9(7)13-10(12-8)6-4-5-6/h1-3,6H,4-5,11H2,(H,12,13). The molecule has 13 heavy (non-hydrogen) atoms. The molecular formula is C10H11N3. The van der Waals surface area contributed by atoms with Crippen LogP contribution in [-0.4, -0.2) is 9.97 Å². The van der Waals surface area contributed by atoms with Crippen molar-refractivity contribution < 1.29 is 0 Å². The Hall–Kier alpha value is -1.51. The maximum absolute atomic E-state index is 5.81. The van der Waals surface area contributed by atoms with Crippen molar-refractivity contribution in [2.24, 2.45) is 0 Å². The minimum absolute atomic E-state index is 0.659. The Morgan fingerprint density at radius 2 is 2.23 bits per heavy atom. The second kappa shape index (κ2) is 2.25. The third-order valence-electron chi connectivity index (χ3n) is 2.53. The number of fused-ring (bicyclic) bond motifs is 1. The lowest BCUT2D eigenvalue weighted by molar-refractivity contribution is 0.987. The van der Waals surface area contributed by atoms with Crippen LogP contribution in [0.15, 0.2) is 18.2 Å². The maximum atomic E-state index is 5.81. The van der Waals surface area contributed by atoms with Crippen LogP contribution in [-0.2, 0) is 0 Å². The molecule has 1 saturated carbocycles. The van der Waals surface area contributed by atoms with E-state index < -0.39 is 0 Å². The first-order valence-corrected chi connectivity index (χ1v) is 4.59. The summed E-state index contributed by atoms with van der Waals surface area (Å²) in [4.78, 5) is 7.80. The topological polar surface area (TPSA) is 54.7 Å². The number of para-hydroxylation sites is 1. The van der Waals surface area contributed by atoms with E-state index in [0.717, 1.165) is 22.5 Å². The number of aromatic amines is 1. The van der Waals surface area contributed by atoms with Gasteiger partial charge in [0.15, 0.2) is 0 Å². The van der Waals surface area contributed by atoms with Crippen LogP contribution in [0, 0.1) is 0 Å². The van der Waals surface area contributed by atoms with Gasteiger partial charge in [-0.15, -0.1) is 0 Å². The lowest BCUT2D eigenvalue weighted by Gasteiger charge is -1.90. The fraction of sp³-hybridized carbons (Fsp3) is 0.300. The molecule has 0 saturated heterocycles. The molecule has 3 heteroatoms. The summed E-state index contributed by atoms with van der Waals surface area (Å²) < 4.78 is 0. The van der Waals surface area contributed by atoms with Gasteiger partial charge in [-0.3, -0.25) is 0 Å². The second-order valence-electron chi connectivity index (χ2n) is 3.64. The highest BCUT2D eigenvalue weighted by molar-refractivity contribution is 5.86. The van der Waals surface area contributed by atoms with Crippen molar-refractivity contribution >= 4 is 16.7 Å². The van der Waals surface area contributed by atoms with Gasteiger partial charge in [-0.1, -0.05) is 6.07 Å². The molecule has 3 nitrogen and oxygen atoms in total. The largest absolute Gasteiger partial charge is 0.397 e. The van der Waals surface area contributed by atoms with Gasteiger partial charge in [-0.2, -0.15) is 0 Å². The molecule has 1 heterocycles. The second-order valence-corrected chi connectivity index (χ2v) is 3.64. The van der Waals surface area contributed by atoms with E-state index in [1.807, 2.05) is 18.2 Å². The number of benzene rings is 1. The first-order chi connectivity index (χ1) is 6.34. The number of nitrogens with two attached hydrogens (primary N) is 1. The SMILES string of the molecule is Nc1cccc2[nH]c(C3CC3)nc12. The zero-order valence-electron chi connectivity index (χ0n) is 7.25. The molecule has 1 aliphatic rings. The Morgan fingerprint density at radius 3 is 2.92 bits per heavy atom. The van der Waals surface area contributed by atoms with Gasteiger partial charge >= 0.3 is 0 Å². The number of nitrogens with zero attached hydrogens (tertiary/aromatic N) is 1. The van der Waals surface area contributed by atoms with Gasteiger partial charge in [-0.25, -0.2) is 4.98 Å². The van der Waals surface area contributed by atoms with Crippen molar-refractivity contribution in [3.05, 3.63) is 24.0 Å². The molecule has 0 atom stereocenters. The van der Waals surface area contributed by atoms with Crippen LogP contribution >= 0.6 is 0 Å². The van der Waals surface area contributed by atoms with Crippen LogP contribution in [0.3, 0.4) is 0 Å². The monoisotopic (exact) mass is 173 g/mol. The predicted octanol–water partition coefficient (Wildman–Crippen LogP) is 2.02. The van der Waals surface area contributed by atoms with Crippen LogP contribution in [0.4, 0.5) is 5.69 Å². The Kier molecular flexibility index (Phi) is 1.20. The van der Waals surface area contributed by atoms with Gasteiger partial charge in [0.25, 0.3) is 0 Å². The van der Waals surface area contributed by atoms with Gasteiger partial charge in [0.05, 0.1) is 11.2 Å². The van der Waals surface area contributed by atoms with E-state index in [-0.39, 0.29) is 0 Å². The molecule has 0 bridgehead atoms. The van der Waals surface area contributed by atoms with E-state index in [2.05, 4.69) is 9.97 Å². The zero-order valence-corrected chi connectivity index (χ0v) is 7.25. The molecule has 2 aromatic rings. The minimum Gasteiger partial charge on any atom is -0.397 e. The third kappa shape index (κ3) is 1.00. The molecule has 1 aliphatic carbocycles. The number of H-pyrrole nitrogens is 1. The Morgan fingerprint density at radius 1 is 1.38 bits per heavy atom. The Labute approximate surface area is 76.0 Å². The molecule has 0 spiro atoms. The molecular weight excluding hydrogens is 162 g/mol. The Bertz CT molecular complexity index is 454. The molecule has 1 aromatic carbocycles. The van der Waals surface area contributed by atoms with E-state index >= 15 is 0 Å². The zero-order chi connectivity index (χ0) is 8.84. The number of nitrogen functional groups attached to an aromatic ring is 1. The van der Waals surface area contributed by atoms with Crippen molar-refractivity contribution in [2.45, 2.75) is 18.8 Å². The Balaban J connectivity index is 2.26. The molecule has 1 aromatic heterocycles. The van der Waals surface area contributed by atoms with Crippen LogP contribution in [0.2, 0.25) is 0 Å². The van der Waals surface area contributed by atoms with Crippen molar-refractivity contribution in [1.82, 2.24) is 9.97 Å². The van der Waals surface area contributed by atoms with Gasteiger partial charge in [-0.05, 0) is 25.0 Å². The van der Waals surface area contributed by atoms with Crippen molar-refractivity contribution in [1.29, 1.82) is 0 Å². The van der Waals surface area contributed by atoms with E-state index in [1.54, 1.807) is 0 Å². The lowest BCUT2D eigenvalue weighted by atomic mass is 10.3. The van der Waals surface area contributed by atoms with Gasteiger partial charge in [0, 0.05) is 5.92 Å². The fourth-order valence-corrected chi connectivity index (χ4v) is 1.62. The molecule has 3 N–H and O–H groups in total. The van der Waals surface area contributed by atoms with E-state index in [1.165, 1.54) is 12.8 Å². The average Bonchev–Trinajstić information content (AvgIpc) is 2.87. The first kappa shape index (κ1) is 6.95. The summed E-state index contributed by atoms with van der Waals surface area (Å²) >= 11 is 0. The highest BCUT2D eigenvalue weighted by Gasteiger charge is 2.26. The molecule has 1 fully saturated rings. The molecule has 0 radical (unpaired) electrons. The van der Waals surface area contributed by atoms with Crippen molar-refractivity contribution in [2.75, 3.05) is 5.73 Å². The normalized spacial score (nSPS) is 16.6. The van der Waals surface area contributed by atoms with Crippen LogP contribution < -0.4 is 5.73 Å². The van der Waals surface area contributed by atoms with Gasteiger partial charge < -0.3 is 10.7 Å². The summed E-state index contributed by atoms with van der Waals surface area (Å²) in [6.45, 7) is 0. The van der Waals surface area contributed by atoms with Gasteiger partial charge in [0.1, 0.15) is 11.3 Å². The number of rotatable bonds is 1.